The molecule has 0 saturated carbocycles. The van der Waals surface area contributed by atoms with Gasteiger partial charge in [0.15, 0.2) is 0 Å². The third kappa shape index (κ3) is 4.91. The van der Waals surface area contributed by atoms with Crippen molar-refractivity contribution in [1.29, 1.82) is 0 Å². The zero-order chi connectivity index (χ0) is 15.6. The van der Waals surface area contributed by atoms with E-state index in [1.54, 1.807) is 0 Å². The molecule has 0 aromatic heterocycles. The Morgan fingerprint density at radius 2 is 1.45 bits per heavy atom. The van der Waals surface area contributed by atoms with Gasteiger partial charge in [0, 0.05) is 17.9 Å². The highest BCUT2D eigenvalue weighted by molar-refractivity contribution is 5.63. The number of hydrogen-bond acceptors (Lipinski definition) is 1. The summed E-state index contributed by atoms with van der Waals surface area (Å²) in [4.78, 5) is 2.38. The smallest absolute Gasteiger partial charge is 0.0413 e. The lowest BCUT2D eigenvalue weighted by Gasteiger charge is -2.24. The normalized spacial score (nSPS) is 10.6. The zero-order valence-corrected chi connectivity index (χ0v) is 14.1. The number of nitrogens with zero attached hydrogens (tertiary/aromatic N) is 1. The maximum atomic E-state index is 2.38. The fraction of sp³-hybridized carbons (Fsp3) is 0.429. The maximum Gasteiger partial charge on any atom is 0.0413 e. The van der Waals surface area contributed by atoms with Crippen LogP contribution in [0.25, 0.3) is 0 Å². The third-order valence-corrected chi connectivity index (χ3v) is 4.18. The van der Waals surface area contributed by atoms with E-state index in [0.29, 0.717) is 0 Å². The standard InChI is InChI=1S/C21H29N/c1-3-5-6-7-9-13-19-14-12-17-21(18-19)22(4-2)20-15-10-8-11-16-20/h8,10-12,14-18H,3-7,9,13H2,1-2H3. The van der Waals surface area contributed by atoms with Crippen molar-refractivity contribution in [2.45, 2.75) is 52.4 Å². The summed E-state index contributed by atoms with van der Waals surface area (Å²) in [6, 6.07) is 19.7. The van der Waals surface area contributed by atoms with Crippen LogP contribution in [0.2, 0.25) is 0 Å². The molecule has 0 heterocycles. The molecule has 0 aliphatic heterocycles. The quantitative estimate of drug-likeness (QED) is 0.487. The molecular formula is C21H29N. The molecule has 0 spiro atoms. The molecule has 1 heteroatoms. The Balaban J connectivity index is 2.00. The van der Waals surface area contributed by atoms with Crippen molar-refractivity contribution in [2.75, 3.05) is 11.4 Å². The molecule has 2 aromatic carbocycles. The first kappa shape index (κ1) is 16.6. The molecule has 0 N–H and O–H groups in total. The summed E-state index contributed by atoms with van der Waals surface area (Å²) in [6.45, 7) is 5.47. The summed E-state index contributed by atoms with van der Waals surface area (Å²) >= 11 is 0. The van der Waals surface area contributed by atoms with Crippen LogP contribution in [0.5, 0.6) is 0 Å². The van der Waals surface area contributed by atoms with E-state index >= 15 is 0 Å². The molecule has 2 rings (SSSR count). The first-order valence-electron chi connectivity index (χ1n) is 8.76. The summed E-state index contributed by atoms with van der Waals surface area (Å²) in [5, 5.41) is 0. The minimum absolute atomic E-state index is 0.990. The van der Waals surface area contributed by atoms with Crippen LogP contribution in [0.15, 0.2) is 54.6 Å². The van der Waals surface area contributed by atoms with E-state index in [-0.39, 0.29) is 0 Å². The molecule has 2 aromatic rings. The van der Waals surface area contributed by atoms with Gasteiger partial charge in [-0.25, -0.2) is 0 Å². The number of rotatable bonds is 9. The average Bonchev–Trinajstić information content (AvgIpc) is 2.57. The van der Waals surface area contributed by atoms with Crippen LogP contribution in [0.4, 0.5) is 11.4 Å². The third-order valence-electron chi connectivity index (χ3n) is 4.18. The van der Waals surface area contributed by atoms with E-state index in [1.165, 1.54) is 55.5 Å². The minimum Gasteiger partial charge on any atom is -0.342 e. The lowest BCUT2D eigenvalue weighted by Crippen LogP contribution is -2.15. The van der Waals surface area contributed by atoms with Crippen LogP contribution >= 0.6 is 0 Å². The highest BCUT2D eigenvalue weighted by Crippen LogP contribution is 2.26. The topological polar surface area (TPSA) is 3.24 Å². The van der Waals surface area contributed by atoms with Crippen LogP contribution in [-0.2, 0) is 6.42 Å². The van der Waals surface area contributed by atoms with Gasteiger partial charge >= 0.3 is 0 Å². The van der Waals surface area contributed by atoms with E-state index in [4.69, 9.17) is 0 Å². The molecular weight excluding hydrogens is 266 g/mol. The average molecular weight is 295 g/mol. The molecule has 0 aliphatic carbocycles. The highest BCUT2D eigenvalue weighted by Gasteiger charge is 2.07. The van der Waals surface area contributed by atoms with Gasteiger partial charge in [-0.3, -0.25) is 0 Å². The van der Waals surface area contributed by atoms with Crippen molar-refractivity contribution >= 4 is 11.4 Å². The Morgan fingerprint density at radius 1 is 0.727 bits per heavy atom. The Kier molecular flexibility index (Phi) is 7.02. The predicted octanol–water partition coefficient (Wildman–Crippen LogP) is 6.36. The number of aryl methyl sites for hydroxylation is 1. The lowest BCUT2D eigenvalue weighted by molar-refractivity contribution is 0.632. The summed E-state index contributed by atoms with van der Waals surface area (Å²) in [5.41, 5.74) is 4.04. The second kappa shape index (κ2) is 9.30. The highest BCUT2D eigenvalue weighted by atomic mass is 15.1. The summed E-state index contributed by atoms with van der Waals surface area (Å²) < 4.78 is 0. The van der Waals surface area contributed by atoms with Crippen molar-refractivity contribution in [1.82, 2.24) is 0 Å². The molecule has 0 saturated heterocycles. The molecule has 0 bridgehead atoms. The van der Waals surface area contributed by atoms with E-state index in [0.717, 1.165) is 6.54 Å². The van der Waals surface area contributed by atoms with Crippen LogP contribution in [0, 0.1) is 0 Å². The first-order chi connectivity index (χ1) is 10.8. The number of benzene rings is 2. The molecule has 118 valence electrons. The number of hydrogen-bond donors (Lipinski definition) is 0. The van der Waals surface area contributed by atoms with E-state index < -0.39 is 0 Å². The second-order valence-electron chi connectivity index (χ2n) is 5.91. The Labute approximate surface area is 136 Å². The molecule has 0 amide bonds. The SMILES string of the molecule is CCCCCCCc1cccc(N(CC)c2ccccc2)c1. The summed E-state index contributed by atoms with van der Waals surface area (Å²) in [6.07, 6.45) is 7.93. The van der Waals surface area contributed by atoms with Crippen molar-refractivity contribution in [3.63, 3.8) is 0 Å². The Bertz CT molecular complexity index is 533. The van der Waals surface area contributed by atoms with Crippen LogP contribution in [0.3, 0.4) is 0 Å². The van der Waals surface area contributed by atoms with Crippen molar-refractivity contribution < 1.29 is 0 Å². The van der Waals surface area contributed by atoms with E-state index in [9.17, 15) is 0 Å². The molecule has 0 aliphatic rings. The van der Waals surface area contributed by atoms with Crippen molar-refractivity contribution in [3.8, 4) is 0 Å². The van der Waals surface area contributed by atoms with Gasteiger partial charge in [-0.2, -0.15) is 0 Å². The first-order valence-corrected chi connectivity index (χ1v) is 8.76. The van der Waals surface area contributed by atoms with Gasteiger partial charge in [0.05, 0.1) is 0 Å². The molecule has 0 radical (unpaired) electrons. The van der Waals surface area contributed by atoms with Crippen LogP contribution in [-0.4, -0.2) is 6.54 Å². The largest absolute Gasteiger partial charge is 0.342 e. The van der Waals surface area contributed by atoms with Crippen molar-refractivity contribution in [2.24, 2.45) is 0 Å². The van der Waals surface area contributed by atoms with Gasteiger partial charge in [-0.15, -0.1) is 0 Å². The predicted molar refractivity (Wildman–Crippen MR) is 98.0 cm³/mol. The molecule has 0 atom stereocenters. The molecule has 0 fully saturated rings. The van der Waals surface area contributed by atoms with Crippen LogP contribution < -0.4 is 4.90 Å². The number of anilines is 2. The number of para-hydroxylation sites is 1. The molecule has 0 unspecified atom stereocenters. The fourth-order valence-electron chi connectivity index (χ4n) is 2.93. The fourth-order valence-corrected chi connectivity index (χ4v) is 2.93. The zero-order valence-electron chi connectivity index (χ0n) is 14.1. The van der Waals surface area contributed by atoms with E-state index in [2.05, 4.69) is 73.3 Å². The lowest BCUT2D eigenvalue weighted by atomic mass is 10.0. The second-order valence-corrected chi connectivity index (χ2v) is 5.91. The van der Waals surface area contributed by atoms with Gasteiger partial charge in [-0.05, 0) is 49.6 Å². The van der Waals surface area contributed by atoms with Gasteiger partial charge in [-0.1, -0.05) is 62.9 Å². The van der Waals surface area contributed by atoms with E-state index in [1.807, 2.05) is 0 Å². The van der Waals surface area contributed by atoms with Gasteiger partial charge in [0.25, 0.3) is 0 Å². The summed E-state index contributed by atoms with van der Waals surface area (Å²) in [7, 11) is 0. The van der Waals surface area contributed by atoms with Gasteiger partial charge < -0.3 is 4.90 Å². The monoisotopic (exact) mass is 295 g/mol. The molecule has 1 nitrogen and oxygen atoms in total. The van der Waals surface area contributed by atoms with Gasteiger partial charge in [0.2, 0.25) is 0 Å². The van der Waals surface area contributed by atoms with Gasteiger partial charge in [0.1, 0.15) is 0 Å². The minimum atomic E-state index is 0.990. The summed E-state index contributed by atoms with van der Waals surface area (Å²) in [5.74, 6) is 0. The maximum absolute atomic E-state index is 2.38. The number of unbranched alkanes of at least 4 members (excludes halogenated alkanes) is 4. The molecule has 22 heavy (non-hydrogen) atoms. The Hall–Kier alpha value is -1.76. The van der Waals surface area contributed by atoms with Crippen LogP contribution in [0.1, 0.15) is 51.5 Å². The Morgan fingerprint density at radius 3 is 2.18 bits per heavy atom. The van der Waals surface area contributed by atoms with Crippen molar-refractivity contribution in [3.05, 3.63) is 60.2 Å².